The highest BCUT2D eigenvalue weighted by molar-refractivity contribution is 5.73. The van der Waals surface area contributed by atoms with Crippen molar-refractivity contribution in [1.29, 1.82) is 0 Å². The highest BCUT2D eigenvalue weighted by atomic mass is 19.4. The molecule has 0 bridgehead atoms. The second kappa shape index (κ2) is 10.4. The van der Waals surface area contributed by atoms with Crippen molar-refractivity contribution in [2.75, 3.05) is 0 Å². The second-order valence-corrected chi connectivity index (χ2v) is 3.74. The molecule has 0 aromatic rings. The maximum Gasteiger partial charge on any atom is 0.490 e. The Kier molecular flexibility index (Phi) is 11.3. The van der Waals surface area contributed by atoms with Gasteiger partial charge in [0.1, 0.15) is 0 Å². The first kappa shape index (κ1) is 18.6. The van der Waals surface area contributed by atoms with E-state index in [4.69, 9.17) is 9.90 Å². The molecule has 0 aliphatic carbocycles. The molecule has 0 aromatic carbocycles. The van der Waals surface area contributed by atoms with E-state index in [9.17, 15) is 18.3 Å². The summed E-state index contributed by atoms with van der Waals surface area (Å²) in [5, 5.41) is 16.4. The fourth-order valence-electron chi connectivity index (χ4n) is 1.11. The van der Waals surface area contributed by atoms with E-state index < -0.39 is 12.1 Å². The lowest BCUT2D eigenvalue weighted by Gasteiger charge is -2.07. The van der Waals surface area contributed by atoms with E-state index >= 15 is 0 Å². The average Bonchev–Trinajstić information content (AvgIpc) is 2.18. The van der Waals surface area contributed by atoms with Crippen LogP contribution in [0.15, 0.2) is 0 Å². The highest BCUT2D eigenvalue weighted by Crippen LogP contribution is 2.13. The predicted molar refractivity (Wildman–Crippen MR) is 58.7 cm³/mol. The number of carbonyl (C=O) groups is 1. The third-order valence-corrected chi connectivity index (χ3v) is 2.01. The van der Waals surface area contributed by atoms with Crippen LogP contribution in [0.1, 0.15) is 52.4 Å². The molecule has 0 aliphatic rings. The van der Waals surface area contributed by atoms with Gasteiger partial charge in [-0.15, -0.1) is 0 Å². The lowest BCUT2D eigenvalue weighted by atomic mass is 10.1. The molecule has 0 fully saturated rings. The van der Waals surface area contributed by atoms with Crippen molar-refractivity contribution in [3.63, 3.8) is 0 Å². The Hall–Kier alpha value is -0.780. The summed E-state index contributed by atoms with van der Waals surface area (Å²) in [5.41, 5.74) is 0. The molecular weight excluding hydrogens is 237 g/mol. The number of alkyl halides is 3. The summed E-state index contributed by atoms with van der Waals surface area (Å²) in [6.45, 7) is 4.30. The van der Waals surface area contributed by atoms with E-state index in [1.807, 2.05) is 0 Å². The van der Waals surface area contributed by atoms with Gasteiger partial charge in [0.25, 0.3) is 0 Å². The lowest BCUT2D eigenvalue weighted by Crippen LogP contribution is -2.21. The normalized spacial score (nSPS) is 12.6. The van der Waals surface area contributed by atoms with Crippen LogP contribution >= 0.6 is 0 Å². The van der Waals surface area contributed by atoms with Crippen molar-refractivity contribution in [1.82, 2.24) is 0 Å². The van der Waals surface area contributed by atoms with Crippen LogP contribution in [0.25, 0.3) is 0 Å². The van der Waals surface area contributed by atoms with Crippen LogP contribution in [0.4, 0.5) is 13.2 Å². The summed E-state index contributed by atoms with van der Waals surface area (Å²) >= 11 is 0. The van der Waals surface area contributed by atoms with Crippen LogP contribution in [0, 0.1) is 0 Å². The Morgan fingerprint density at radius 1 is 1.12 bits per heavy atom. The second-order valence-electron chi connectivity index (χ2n) is 3.74. The van der Waals surface area contributed by atoms with Gasteiger partial charge in [0.15, 0.2) is 0 Å². The highest BCUT2D eigenvalue weighted by Gasteiger charge is 2.38. The number of carboxylic acids is 1. The number of unbranched alkanes of at least 4 members (excludes halogenated alkanes) is 2. The molecule has 104 valence electrons. The molecule has 0 saturated heterocycles. The van der Waals surface area contributed by atoms with Crippen molar-refractivity contribution in [3.8, 4) is 0 Å². The van der Waals surface area contributed by atoms with Gasteiger partial charge in [0, 0.05) is 0 Å². The molecular formula is C11H21F3O3. The molecule has 0 radical (unpaired) electrons. The number of aliphatic hydroxyl groups is 1. The molecule has 2 N–H and O–H groups in total. The minimum absolute atomic E-state index is 0.0310. The summed E-state index contributed by atoms with van der Waals surface area (Å²) in [4.78, 5) is 8.90. The van der Waals surface area contributed by atoms with Gasteiger partial charge in [-0.25, -0.2) is 4.79 Å². The minimum atomic E-state index is -5.08. The zero-order valence-electron chi connectivity index (χ0n) is 10.3. The molecule has 0 aliphatic heterocycles. The third-order valence-electron chi connectivity index (χ3n) is 2.01. The predicted octanol–water partition coefficient (Wildman–Crippen LogP) is 3.36. The monoisotopic (exact) mass is 258 g/mol. The van der Waals surface area contributed by atoms with Crippen LogP contribution in [0.3, 0.4) is 0 Å². The quantitative estimate of drug-likeness (QED) is 0.718. The van der Waals surface area contributed by atoms with Crippen LogP contribution in [-0.4, -0.2) is 28.5 Å². The van der Waals surface area contributed by atoms with Crippen molar-refractivity contribution < 1.29 is 28.2 Å². The zero-order valence-corrected chi connectivity index (χ0v) is 10.3. The maximum atomic E-state index is 10.6. The van der Waals surface area contributed by atoms with Crippen LogP contribution in [-0.2, 0) is 4.79 Å². The van der Waals surface area contributed by atoms with Crippen LogP contribution in [0.2, 0.25) is 0 Å². The van der Waals surface area contributed by atoms with Gasteiger partial charge >= 0.3 is 12.1 Å². The van der Waals surface area contributed by atoms with E-state index in [0.717, 1.165) is 19.3 Å². The van der Waals surface area contributed by atoms with Gasteiger partial charge < -0.3 is 10.2 Å². The maximum absolute atomic E-state index is 10.6. The molecule has 0 amide bonds. The molecule has 0 heterocycles. The zero-order chi connectivity index (χ0) is 13.9. The summed E-state index contributed by atoms with van der Waals surface area (Å²) in [5.74, 6) is -2.76. The summed E-state index contributed by atoms with van der Waals surface area (Å²) in [6.07, 6.45) is 1.67. The Balaban J connectivity index is 0. The lowest BCUT2D eigenvalue weighted by molar-refractivity contribution is -0.192. The third kappa shape index (κ3) is 15.2. The molecule has 3 nitrogen and oxygen atoms in total. The van der Waals surface area contributed by atoms with Crippen LogP contribution < -0.4 is 0 Å². The van der Waals surface area contributed by atoms with E-state index in [0.29, 0.717) is 0 Å². The molecule has 6 heteroatoms. The molecule has 0 aromatic heterocycles. The van der Waals surface area contributed by atoms with Gasteiger partial charge in [-0.1, -0.05) is 39.5 Å². The Morgan fingerprint density at radius 3 is 1.88 bits per heavy atom. The number of hydrogen-bond acceptors (Lipinski definition) is 2. The first-order valence-corrected chi connectivity index (χ1v) is 5.73. The standard InChI is InChI=1S/C9H20O.C2HF3O2/c1-3-5-6-8-9(10)7-4-2;3-2(4,5)1(6)7/h9-10H,3-8H2,1-2H3;(H,6,7). The molecule has 0 saturated carbocycles. The number of rotatable bonds is 6. The molecule has 1 unspecified atom stereocenters. The SMILES string of the molecule is CCCCCC(O)CCC.O=C(O)C(F)(F)F. The average molecular weight is 258 g/mol. The van der Waals surface area contributed by atoms with Gasteiger partial charge in [-0.05, 0) is 12.8 Å². The number of halogens is 3. The first-order valence-electron chi connectivity index (χ1n) is 5.73. The van der Waals surface area contributed by atoms with Gasteiger partial charge in [-0.2, -0.15) is 13.2 Å². The number of hydrogen-bond donors (Lipinski definition) is 2. The van der Waals surface area contributed by atoms with E-state index in [1.165, 1.54) is 19.3 Å². The molecule has 0 spiro atoms. The first-order chi connectivity index (χ1) is 7.75. The van der Waals surface area contributed by atoms with Crippen molar-refractivity contribution in [3.05, 3.63) is 0 Å². The molecule has 17 heavy (non-hydrogen) atoms. The number of aliphatic hydroxyl groups excluding tert-OH is 1. The van der Waals surface area contributed by atoms with Gasteiger partial charge in [0.2, 0.25) is 0 Å². The van der Waals surface area contributed by atoms with Crippen LogP contribution in [0.5, 0.6) is 0 Å². The van der Waals surface area contributed by atoms with E-state index in [2.05, 4.69) is 13.8 Å². The number of carboxylic acid groups (broad SMARTS) is 1. The Labute approximate surface area is 99.6 Å². The van der Waals surface area contributed by atoms with Gasteiger partial charge in [-0.3, -0.25) is 0 Å². The smallest absolute Gasteiger partial charge is 0.475 e. The topological polar surface area (TPSA) is 57.5 Å². The fourth-order valence-corrected chi connectivity index (χ4v) is 1.11. The van der Waals surface area contributed by atoms with Crippen molar-refractivity contribution in [2.24, 2.45) is 0 Å². The molecule has 0 rings (SSSR count). The summed E-state index contributed by atoms with van der Waals surface area (Å²) in [7, 11) is 0. The fraction of sp³-hybridized carbons (Fsp3) is 0.909. The molecule has 1 atom stereocenters. The minimum Gasteiger partial charge on any atom is -0.475 e. The largest absolute Gasteiger partial charge is 0.490 e. The summed E-state index contributed by atoms with van der Waals surface area (Å²) < 4.78 is 31.7. The Morgan fingerprint density at radius 2 is 1.59 bits per heavy atom. The van der Waals surface area contributed by atoms with Crippen molar-refractivity contribution in [2.45, 2.75) is 64.7 Å². The summed E-state index contributed by atoms with van der Waals surface area (Å²) in [6, 6.07) is 0. The van der Waals surface area contributed by atoms with E-state index in [-0.39, 0.29) is 6.10 Å². The van der Waals surface area contributed by atoms with Crippen molar-refractivity contribution >= 4 is 5.97 Å². The van der Waals surface area contributed by atoms with Gasteiger partial charge in [0.05, 0.1) is 6.10 Å². The Bertz CT molecular complexity index is 193. The number of aliphatic carboxylic acids is 1. The van der Waals surface area contributed by atoms with E-state index in [1.54, 1.807) is 0 Å².